The maximum Gasteiger partial charge on any atom is 0.434 e. The lowest BCUT2D eigenvalue weighted by Crippen LogP contribution is -2.23. The summed E-state index contributed by atoms with van der Waals surface area (Å²) in [5.41, 5.74) is 0.308. The van der Waals surface area contributed by atoms with Gasteiger partial charge >= 0.3 is 5.76 Å². The van der Waals surface area contributed by atoms with Crippen LogP contribution in [-0.2, 0) is 10.0 Å². The molecule has 0 aliphatic rings. The number of benzene rings is 2. The summed E-state index contributed by atoms with van der Waals surface area (Å²) in [5, 5.41) is 0.162. The van der Waals surface area contributed by atoms with E-state index in [9.17, 15) is 13.2 Å². The molecule has 0 amide bonds. The van der Waals surface area contributed by atoms with E-state index in [4.69, 9.17) is 27.6 Å². The van der Waals surface area contributed by atoms with Crippen molar-refractivity contribution in [1.29, 1.82) is 0 Å². The first-order chi connectivity index (χ1) is 9.91. The summed E-state index contributed by atoms with van der Waals surface area (Å²) in [5.74, 6) is -1.01. The predicted octanol–water partition coefficient (Wildman–Crippen LogP) is 3.14. The second-order valence-corrected chi connectivity index (χ2v) is 6.78. The largest absolute Gasteiger partial charge is 0.434 e. The van der Waals surface area contributed by atoms with Crippen molar-refractivity contribution in [2.24, 2.45) is 0 Å². The average Bonchev–Trinajstić information content (AvgIpc) is 2.77. The third-order valence-corrected chi connectivity index (χ3v) is 5.26. The van der Waals surface area contributed by atoms with Gasteiger partial charge in [-0.3, -0.25) is 0 Å². The molecule has 3 aromatic rings. The number of hydrogen-bond acceptors (Lipinski definition) is 4. The van der Waals surface area contributed by atoms with Gasteiger partial charge in [-0.05, 0) is 30.3 Å². The third-order valence-electron chi connectivity index (χ3n) is 2.86. The van der Waals surface area contributed by atoms with Gasteiger partial charge in [-0.2, -0.15) is 3.97 Å². The quantitative estimate of drug-likeness (QED) is 0.716. The fourth-order valence-electron chi connectivity index (χ4n) is 1.95. The highest BCUT2D eigenvalue weighted by Gasteiger charge is 2.26. The first-order valence-corrected chi connectivity index (χ1v) is 7.92. The highest BCUT2D eigenvalue weighted by atomic mass is 35.5. The number of para-hydroxylation sites is 2. The lowest BCUT2D eigenvalue weighted by Gasteiger charge is -2.07. The van der Waals surface area contributed by atoms with Crippen LogP contribution in [0.1, 0.15) is 0 Å². The topological polar surface area (TPSA) is 69.3 Å². The monoisotopic (exact) mass is 343 g/mol. The fourth-order valence-corrected chi connectivity index (χ4v) is 4.02. The van der Waals surface area contributed by atoms with E-state index < -0.39 is 15.8 Å². The standard InChI is InChI=1S/C13H7Cl2NO4S/c14-8-5-6-9(15)12(7-8)21(18,19)16-10-3-1-2-4-11(10)20-13(16)17/h1-7H. The molecular weight excluding hydrogens is 337 g/mol. The first-order valence-electron chi connectivity index (χ1n) is 5.72. The van der Waals surface area contributed by atoms with Crippen LogP contribution in [0.3, 0.4) is 0 Å². The van der Waals surface area contributed by atoms with Gasteiger partial charge in [0.1, 0.15) is 10.4 Å². The van der Waals surface area contributed by atoms with Crippen molar-refractivity contribution in [3.8, 4) is 0 Å². The molecule has 0 saturated heterocycles. The Morgan fingerprint density at radius 1 is 1.05 bits per heavy atom. The van der Waals surface area contributed by atoms with Crippen LogP contribution in [0.2, 0.25) is 10.0 Å². The molecular formula is C13H7Cl2NO4S. The summed E-state index contributed by atoms with van der Waals surface area (Å²) in [6.45, 7) is 0. The highest BCUT2D eigenvalue weighted by molar-refractivity contribution is 7.90. The van der Waals surface area contributed by atoms with Crippen molar-refractivity contribution in [2.75, 3.05) is 0 Å². The Kier molecular flexibility index (Phi) is 3.32. The number of hydrogen-bond donors (Lipinski definition) is 0. The summed E-state index contributed by atoms with van der Waals surface area (Å²) in [6.07, 6.45) is 0. The van der Waals surface area contributed by atoms with Crippen LogP contribution in [0, 0.1) is 0 Å². The lowest BCUT2D eigenvalue weighted by atomic mass is 10.3. The SMILES string of the molecule is O=c1oc2ccccc2n1S(=O)(=O)c1cc(Cl)ccc1Cl. The van der Waals surface area contributed by atoms with Crippen LogP contribution >= 0.6 is 23.2 Å². The minimum atomic E-state index is -4.21. The molecule has 0 aliphatic carbocycles. The third kappa shape index (κ3) is 2.25. The molecule has 0 unspecified atom stereocenters. The van der Waals surface area contributed by atoms with E-state index in [1.54, 1.807) is 12.1 Å². The number of fused-ring (bicyclic) bond motifs is 1. The van der Waals surface area contributed by atoms with Gasteiger partial charge in [-0.25, -0.2) is 13.2 Å². The van der Waals surface area contributed by atoms with Gasteiger partial charge in [0.05, 0.1) is 5.02 Å². The molecule has 3 rings (SSSR count). The molecule has 0 saturated carbocycles. The van der Waals surface area contributed by atoms with E-state index >= 15 is 0 Å². The summed E-state index contributed by atoms with van der Waals surface area (Å²) in [6, 6.07) is 10.2. The van der Waals surface area contributed by atoms with Crippen LogP contribution < -0.4 is 5.76 Å². The molecule has 5 nitrogen and oxygen atoms in total. The van der Waals surface area contributed by atoms with Crippen molar-refractivity contribution >= 4 is 44.3 Å². The normalized spacial score (nSPS) is 11.9. The zero-order valence-electron chi connectivity index (χ0n) is 10.3. The molecule has 0 aliphatic heterocycles. The van der Waals surface area contributed by atoms with Gasteiger partial charge in [-0.15, -0.1) is 0 Å². The second kappa shape index (κ2) is 4.91. The van der Waals surface area contributed by atoms with Gasteiger partial charge < -0.3 is 4.42 Å². The smallest absolute Gasteiger partial charge is 0.407 e. The Labute approximate surface area is 129 Å². The number of halogens is 2. The average molecular weight is 344 g/mol. The zero-order chi connectivity index (χ0) is 15.2. The summed E-state index contributed by atoms with van der Waals surface area (Å²) >= 11 is 11.7. The van der Waals surface area contributed by atoms with Crippen molar-refractivity contribution in [2.45, 2.75) is 4.90 Å². The summed E-state index contributed by atoms with van der Waals surface area (Å²) in [4.78, 5) is 11.6. The maximum atomic E-state index is 12.7. The van der Waals surface area contributed by atoms with Crippen molar-refractivity contribution in [3.63, 3.8) is 0 Å². The summed E-state index contributed by atoms with van der Waals surface area (Å²) < 4.78 is 30.8. The van der Waals surface area contributed by atoms with E-state index in [0.29, 0.717) is 3.97 Å². The van der Waals surface area contributed by atoms with E-state index in [-0.39, 0.29) is 26.0 Å². The van der Waals surface area contributed by atoms with E-state index in [1.807, 2.05) is 0 Å². The van der Waals surface area contributed by atoms with Crippen LogP contribution in [0.4, 0.5) is 0 Å². The van der Waals surface area contributed by atoms with Gasteiger partial charge in [0.15, 0.2) is 5.58 Å². The van der Waals surface area contributed by atoms with Gasteiger partial charge in [0.2, 0.25) is 0 Å². The van der Waals surface area contributed by atoms with Crippen molar-refractivity contribution < 1.29 is 12.8 Å². The minimum absolute atomic E-state index is 0.0309. The highest BCUT2D eigenvalue weighted by Crippen LogP contribution is 2.28. The Hall–Kier alpha value is -1.76. The molecule has 0 bridgehead atoms. The van der Waals surface area contributed by atoms with E-state index in [1.165, 1.54) is 30.3 Å². The van der Waals surface area contributed by atoms with E-state index in [0.717, 1.165) is 0 Å². The molecule has 8 heteroatoms. The van der Waals surface area contributed by atoms with Crippen LogP contribution in [-0.4, -0.2) is 12.4 Å². The lowest BCUT2D eigenvalue weighted by molar-refractivity contribution is 0.534. The number of oxazole rings is 1. The molecule has 2 aromatic carbocycles. The first kappa shape index (κ1) is 14.2. The fraction of sp³-hybridized carbons (Fsp3) is 0. The molecule has 0 spiro atoms. The van der Waals surface area contributed by atoms with Crippen LogP contribution in [0.15, 0.2) is 56.6 Å². The van der Waals surface area contributed by atoms with Gasteiger partial charge in [-0.1, -0.05) is 35.3 Å². The van der Waals surface area contributed by atoms with Crippen LogP contribution in [0.25, 0.3) is 11.1 Å². The molecule has 1 aromatic heterocycles. The van der Waals surface area contributed by atoms with Gasteiger partial charge in [0, 0.05) is 5.02 Å². The molecule has 0 N–H and O–H groups in total. The van der Waals surface area contributed by atoms with Crippen LogP contribution in [0.5, 0.6) is 0 Å². The zero-order valence-corrected chi connectivity index (χ0v) is 12.6. The summed E-state index contributed by atoms with van der Waals surface area (Å²) in [7, 11) is -4.21. The molecule has 21 heavy (non-hydrogen) atoms. The Bertz CT molecular complexity index is 1000. The minimum Gasteiger partial charge on any atom is -0.407 e. The van der Waals surface area contributed by atoms with Gasteiger partial charge in [0.25, 0.3) is 10.0 Å². The molecule has 0 fully saturated rings. The van der Waals surface area contributed by atoms with E-state index in [2.05, 4.69) is 0 Å². The Morgan fingerprint density at radius 3 is 2.52 bits per heavy atom. The number of rotatable bonds is 2. The van der Waals surface area contributed by atoms with Crippen molar-refractivity contribution in [1.82, 2.24) is 3.97 Å². The molecule has 1 heterocycles. The number of aromatic nitrogens is 1. The molecule has 0 radical (unpaired) electrons. The Morgan fingerprint density at radius 2 is 1.76 bits per heavy atom. The second-order valence-electron chi connectivity index (χ2n) is 4.18. The molecule has 108 valence electrons. The Balaban J connectivity index is 2.38. The molecule has 0 atom stereocenters. The predicted molar refractivity (Wildman–Crippen MR) is 79.5 cm³/mol. The maximum absolute atomic E-state index is 12.7. The number of nitrogens with zero attached hydrogens (tertiary/aromatic N) is 1. The van der Waals surface area contributed by atoms with Crippen molar-refractivity contribution in [3.05, 3.63) is 63.1 Å².